The van der Waals surface area contributed by atoms with E-state index in [-0.39, 0.29) is 0 Å². The topological polar surface area (TPSA) is 36.7 Å². The van der Waals surface area contributed by atoms with E-state index < -0.39 is 0 Å². The zero-order chi connectivity index (χ0) is 15.8. The fourth-order valence-corrected chi connectivity index (χ4v) is 4.30. The molecule has 0 radical (unpaired) electrons. The van der Waals surface area contributed by atoms with E-state index in [4.69, 9.17) is 11.6 Å². The molecule has 2 aromatic rings. The van der Waals surface area contributed by atoms with Crippen molar-refractivity contribution in [1.82, 2.24) is 24.2 Å². The molecule has 5 nitrogen and oxygen atoms in total. The largest absolute Gasteiger partial charge is 0.304 e. The molecule has 3 heterocycles. The van der Waals surface area contributed by atoms with Crippen LogP contribution >= 0.6 is 11.6 Å². The van der Waals surface area contributed by atoms with Crippen molar-refractivity contribution in [2.45, 2.75) is 37.6 Å². The molecule has 0 atom stereocenters. The van der Waals surface area contributed by atoms with Gasteiger partial charge in [-0.25, -0.2) is 9.97 Å². The Balaban J connectivity index is 1.44. The van der Waals surface area contributed by atoms with Crippen molar-refractivity contribution in [2.75, 3.05) is 33.2 Å². The summed E-state index contributed by atoms with van der Waals surface area (Å²) in [6, 6.07) is 0.761. The molecule has 6 heteroatoms. The Hall–Kier alpha value is -1.17. The van der Waals surface area contributed by atoms with Crippen LogP contribution in [-0.2, 0) is 0 Å². The maximum atomic E-state index is 6.16. The van der Waals surface area contributed by atoms with Crippen LogP contribution in [0.25, 0.3) is 5.52 Å². The van der Waals surface area contributed by atoms with Crippen LogP contribution in [0, 0.1) is 0 Å². The lowest BCUT2D eigenvalue weighted by Gasteiger charge is -2.41. The summed E-state index contributed by atoms with van der Waals surface area (Å²) in [5.74, 6) is 1.70. The quantitative estimate of drug-likeness (QED) is 0.846. The van der Waals surface area contributed by atoms with E-state index in [2.05, 4.69) is 31.2 Å². The molecule has 1 saturated heterocycles. The van der Waals surface area contributed by atoms with Gasteiger partial charge in [0.15, 0.2) is 5.15 Å². The summed E-state index contributed by atoms with van der Waals surface area (Å²) in [6.07, 6.45) is 10.6. The van der Waals surface area contributed by atoms with E-state index in [0.29, 0.717) is 11.1 Å². The first-order chi connectivity index (χ1) is 11.2. The first-order valence-electron chi connectivity index (χ1n) is 8.62. The van der Waals surface area contributed by atoms with Crippen LogP contribution in [0.5, 0.6) is 0 Å². The second-order valence-electron chi connectivity index (χ2n) is 6.93. The van der Waals surface area contributed by atoms with Gasteiger partial charge in [0.25, 0.3) is 0 Å². The normalized spacial score (nSPS) is 27.6. The number of nitrogens with zero attached hydrogens (tertiary/aromatic N) is 5. The van der Waals surface area contributed by atoms with E-state index in [1.54, 1.807) is 6.20 Å². The number of halogens is 1. The van der Waals surface area contributed by atoms with E-state index >= 15 is 0 Å². The molecular weight excluding hydrogens is 310 g/mol. The fourth-order valence-electron chi connectivity index (χ4n) is 4.10. The standard InChI is InChI=1S/C17H24ClN5/c1-21-8-10-22(11-9-21)14-4-2-13(3-5-14)17-20-12-15-16(18)19-6-7-23(15)17/h6-7,12-14H,2-5,8-11H2,1H3. The zero-order valence-corrected chi connectivity index (χ0v) is 14.4. The lowest BCUT2D eigenvalue weighted by Crippen LogP contribution is -2.49. The molecular formula is C17H24ClN5. The molecule has 0 spiro atoms. The number of likely N-dealkylation sites (N-methyl/N-ethyl adjacent to an activating group) is 1. The minimum atomic E-state index is 0.539. The minimum Gasteiger partial charge on any atom is -0.304 e. The highest BCUT2D eigenvalue weighted by molar-refractivity contribution is 6.32. The van der Waals surface area contributed by atoms with Gasteiger partial charge in [0, 0.05) is 50.5 Å². The summed E-state index contributed by atoms with van der Waals surface area (Å²) in [5, 5.41) is 0.539. The molecule has 0 N–H and O–H groups in total. The molecule has 2 fully saturated rings. The summed E-state index contributed by atoms with van der Waals surface area (Å²) in [5.41, 5.74) is 0.922. The summed E-state index contributed by atoms with van der Waals surface area (Å²) >= 11 is 6.16. The van der Waals surface area contributed by atoms with E-state index in [1.165, 1.54) is 51.9 Å². The first-order valence-corrected chi connectivity index (χ1v) is 9.00. The molecule has 1 saturated carbocycles. The molecule has 1 aliphatic carbocycles. The first kappa shape index (κ1) is 15.4. The molecule has 4 rings (SSSR count). The van der Waals surface area contributed by atoms with Gasteiger partial charge in [-0.15, -0.1) is 0 Å². The zero-order valence-electron chi connectivity index (χ0n) is 13.7. The Labute approximate surface area is 142 Å². The van der Waals surface area contributed by atoms with Crippen LogP contribution in [0.2, 0.25) is 5.15 Å². The van der Waals surface area contributed by atoms with E-state index in [9.17, 15) is 0 Å². The molecule has 2 aliphatic rings. The molecule has 124 valence electrons. The van der Waals surface area contributed by atoms with Crippen LogP contribution in [0.3, 0.4) is 0 Å². The van der Waals surface area contributed by atoms with Crippen molar-refractivity contribution in [3.8, 4) is 0 Å². The predicted octanol–water partition coefficient (Wildman–Crippen LogP) is 2.66. The van der Waals surface area contributed by atoms with E-state index in [0.717, 1.165) is 17.4 Å². The highest BCUT2D eigenvalue weighted by Crippen LogP contribution is 2.35. The lowest BCUT2D eigenvalue weighted by molar-refractivity contribution is 0.0872. The van der Waals surface area contributed by atoms with Crippen LogP contribution in [-0.4, -0.2) is 63.4 Å². The monoisotopic (exact) mass is 333 g/mol. The second-order valence-corrected chi connectivity index (χ2v) is 7.29. The maximum absolute atomic E-state index is 6.16. The Morgan fingerprint density at radius 1 is 1.04 bits per heavy atom. The summed E-state index contributed by atoms with van der Waals surface area (Å²) < 4.78 is 2.12. The SMILES string of the molecule is CN1CCN(C2CCC(c3ncc4c(Cl)nccn34)CC2)CC1. The smallest absolute Gasteiger partial charge is 0.154 e. The molecule has 0 aromatic carbocycles. The number of hydrogen-bond donors (Lipinski definition) is 0. The molecule has 0 amide bonds. The third kappa shape index (κ3) is 2.97. The average Bonchev–Trinajstić information content (AvgIpc) is 3.01. The van der Waals surface area contributed by atoms with Gasteiger partial charge in [-0.1, -0.05) is 11.6 Å². The van der Waals surface area contributed by atoms with Crippen LogP contribution in [0.4, 0.5) is 0 Å². The van der Waals surface area contributed by atoms with Crippen molar-refractivity contribution >= 4 is 17.1 Å². The molecule has 1 aliphatic heterocycles. The Morgan fingerprint density at radius 2 is 1.78 bits per heavy atom. The van der Waals surface area contributed by atoms with Crippen LogP contribution in [0.1, 0.15) is 37.4 Å². The van der Waals surface area contributed by atoms with Gasteiger partial charge >= 0.3 is 0 Å². The summed E-state index contributed by atoms with van der Waals surface area (Å²) in [4.78, 5) is 13.9. The van der Waals surface area contributed by atoms with Crippen LogP contribution < -0.4 is 0 Å². The van der Waals surface area contributed by atoms with Gasteiger partial charge in [-0.05, 0) is 32.7 Å². The third-order valence-electron chi connectivity index (χ3n) is 5.56. The number of hydrogen-bond acceptors (Lipinski definition) is 4. The highest BCUT2D eigenvalue weighted by Gasteiger charge is 2.29. The summed E-state index contributed by atoms with van der Waals surface area (Å²) in [7, 11) is 2.22. The maximum Gasteiger partial charge on any atom is 0.154 e. The van der Waals surface area contributed by atoms with Gasteiger partial charge in [-0.3, -0.25) is 9.30 Å². The van der Waals surface area contributed by atoms with E-state index in [1.807, 2.05) is 12.4 Å². The Morgan fingerprint density at radius 3 is 2.52 bits per heavy atom. The van der Waals surface area contributed by atoms with Crippen molar-refractivity contribution in [1.29, 1.82) is 0 Å². The summed E-state index contributed by atoms with van der Waals surface area (Å²) in [6.45, 7) is 4.85. The van der Waals surface area contributed by atoms with Crippen molar-refractivity contribution < 1.29 is 0 Å². The van der Waals surface area contributed by atoms with Crippen molar-refractivity contribution in [2.24, 2.45) is 0 Å². The van der Waals surface area contributed by atoms with Gasteiger partial charge in [0.1, 0.15) is 11.3 Å². The minimum absolute atomic E-state index is 0.539. The van der Waals surface area contributed by atoms with Gasteiger partial charge < -0.3 is 4.90 Å². The second kappa shape index (κ2) is 6.38. The van der Waals surface area contributed by atoms with Gasteiger partial charge in [0.05, 0.1) is 6.20 Å². The number of fused-ring (bicyclic) bond motifs is 1. The number of aromatic nitrogens is 3. The van der Waals surface area contributed by atoms with Crippen LogP contribution in [0.15, 0.2) is 18.6 Å². The fraction of sp³-hybridized carbons (Fsp3) is 0.647. The molecule has 0 bridgehead atoms. The Kier molecular flexibility index (Phi) is 4.26. The highest BCUT2D eigenvalue weighted by atomic mass is 35.5. The lowest BCUT2D eigenvalue weighted by atomic mass is 9.84. The molecule has 23 heavy (non-hydrogen) atoms. The number of piperazine rings is 1. The van der Waals surface area contributed by atoms with Crippen molar-refractivity contribution in [3.63, 3.8) is 0 Å². The number of rotatable bonds is 2. The average molecular weight is 334 g/mol. The van der Waals surface area contributed by atoms with Crippen molar-refractivity contribution in [3.05, 3.63) is 29.6 Å². The van der Waals surface area contributed by atoms with Gasteiger partial charge in [0.2, 0.25) is 0 Å². The molecule has 0 unspecified atom stereocenters. The third-order valence-corrected chi connectivity index (χ3v) is 5.85. The van der Waals surface area contributed by atoms with Gasteiger partial charge in [-0.2, -0.15) is 0 Å². The molecule has 2 aromatic heterocycles. The Bertz CT molecular complexity index is 669. The number of imidazole rings is 1. The predicted molar refractivity (Wildman–Crippen MR) is 92.1 cm³/mol.